The normalized spacial score (nSPS) is 17.6. The molecule has 4 nitrogen and oxygen atoms in total. The summed E-state index contributed by atoms with van der Waals surface area (Å²) in [6.07, 6.45) is 3.36. The number of aryl methyl sites for hydroxylation is 3. The molecule has 0 saturated carbocycles. The minimum absolute atomic E-state index is 0.221. The van der Waals surface area contributed by atoms with Crippen molar-refractivity contribution < 1.29 is 14.1 Å². The first-order valence-corrected chi connectivity index (χ1v) is 8.06. The van der Waals surface area contributed by atoms with Crippen LogP contribution in [-0.2, 0) is 24.2 Å². The lowest BCUT2D eigenvalue weighted by Gasteiger charge is -2.16. The van der Waals surface area contributed by atoms with Crippen molar-refractivity contribution in [1.82, 2.24) is 5.16 Å². The smallest absolute Gasteiger partial charge is 0.348 e. The lowest BCUT2D eigenvalue weighted by molar-refractivity contribution is 0.0476. The van der Waals surface area contributed by atoms with Crippen LogP contribution in [0.5, 0.6) is 0 Å². The Morgan fingerprint density at radius 1 is 1.52 bits per heavy atom. The minimum atomic E-state index is -0.248. The molecule has 0 saturated heterocycles. The number of nitrogens with zero attached hydrogens (tertiary/aromatic N) is 1. The van der Waals surface area contributed by atoms with E-state index in [1.54, 1.807) is 11.3 Å². The molecule has 112 valence electrons. The second kappa shape index (κ2) is 5.64. The second-order valence-corrected chi connectivity index (χ2v) is 6.92. The zero-order valence-corrected chi connectivity index (χ0v) is 13.4. The SMILES string of the molecule is Cc1noc(C)c1COC(=O)c1cc2c(s1)CC[C@@H](C)C2. The van der Waals surface area contributed by atoms with Crippen LogP contribution in [-0.4, -0.2) is 11.1 Å². The molecule has 0 unspecified atom stereocenters. The van der Waals surface area contributed by atoms with Crippen LogP contribution >= 0.6 is 11.3 Å². The zero-order valence-electron chi connectivity index (χ0n) is 12.6. The highest BCUT2D eigenvalue weighted by Gasteiger charge is 2.22. The maximum Gasteiger partial charge on any atom is 0.348 e. The van der Waals surface area contributed by atoms with E-state index in [1.807, 2.05) is 19.9 Å². The molecule has 0 N–H and O–H groups in total. The number of ether oxygens (including phenoxy) is 1. The molecule has 0 fully saturated rings. The maximum absolute atomic E-state index is 12.2. The molecule has 5 heteroatoms. The zero-order chi connectivity index (χ0) is 15.0. The van der Waals surface area contributed by atoms with Crippen molar-refractivity contribution in [2.24, 2.45) is 5.92 Å². The van der Waals surface area contributed by atoms with Gasteiger partial charge in [0, 0.05) is 4.88 Å². The van der Waals surface area contributed by atoms with E-state index in [0.717, 1.165) is 24.1 Å². The molecule has 2 aromatic rings. The highest BCUT2D eigenvalue weighted by Crippen LogP contribution is 2.32. The van der Waals surface area contributed by atoms with Crippen molar-refractivity contribution in [2.75, 3.05) is 0 Å². The third kappa shape index (κ3) is 2.88. The fourth-order valence-corrected chi connectivity index (χ4v) is 3.83. The Balaban J connectivity index is 1.69. The van der Waals surface area contributed by atoms with Gasteiger partial charge in [0.1, 0.15) is 17.2 Å². The van der Waals surface area contributed by atoms with Gasteiger partial charge >= 0.3 is 5.97 Å². The van der Waals surface area contributed by atoms with E-state index in [2.05, 4.69) is 12.1 Å². The summed E-state index contributed by atoms with van der Waals surface area (Å²) < 4.78 is 10.5. The van der Waals surface area contributed by atoms with Crippen LogP contribution in [0.25, 0.3) is 0 Å². The molecule has 0 aromatic carbocycles. The predicted octanol–water partition coefficient (Wildman–Crippen LogP) is 3.83. The number of carbonyl (C=O) groups is 1. The quantitative estimate of drug-likeness (QED) is 0.809. The minimum Gasteiger partial charge on any atom is -0.456 e. The average molecular weight is 305 g/mol. The predicted molar refractivity (Wildman–Crippen MR) is 80.6 cm³/mol. The van der Waals surface area contributed by atoms with Crippen molar-refractivity contribution in [3.8, 4) is 0 Å². The molecule has 2 aromatic heterocycles. The van der Waals surface area contributed by atoms with Crippen LogP contribution in [0.3, 0.4) is 0 Å². The number of thiophene rings is 1. The van der Waals surface area contributed by atoms with Gasteiger partial charge in [-0.15, -0.1) is 11.3 Å². The summed E-state index contributed by atoms with van der Waals surface area (Å²) in [4.78, 5) is 14.3. The summed E-state index contributed by atoms with van der Waals surface area (Å²) in [6, 6.07) is 2.01. The van der Waals surface area contributed by atoms with Crippen LogP contribution in [0.15, 0.2) is 10.6 Å². The van der Waals surface area contributed by atoms with Gasteiger partial charge in [-0.05, 0) is 50.7 Å². The van der Waals surface area contributed by atoms with Crippen LogP contribution in [0.2, 0.25) is 0 Å². The number of hydrogen-bond acceptors (Lipinski definition) is 5. The molecule has 0 aliphatic heterocycles. The summed E-state index contributed by atoms with van der Waals surface area (Å²) in [5, 5.41) is 3.86. The summed E-state index contributed by atoms with van der Waals surface area (Å²) in [7, 11) is 0. The average Bonchev–Trinajstić information content (AvgIpc) is 3.00. The van der Waals surface area contributed by atoms with Crippen molar-refractivity contribution in [1.29, 1.82) is 0 Å². The number of aromatic nitrogens is 1. The van der Waals surface area contributed by atoms with E-state index < -0.39 is 0 Å². The number of carbonyl (C=O) groups excluding carboxylic acids is 1. The number of hydrogen-bond donors (Lipinski definition) is 0. The van der Waals surface area contributed by atoms with E-state index in [9.17, 15) is 4.79 Å². The van der Waals surface area contributed by atoms with Gasteiger partial charge < -0.3 is 9.26 Å². The Kier molecular flexibility index (Phi) is 3.85. The number of esters is 1. The van der Waals surface area contributed by atoms with Crippen LogP contribution in [0.1, 0.15) is 50.5 Å². The highest BCUT2D eigenvalue weighted by molar-refractivity contribution is 7.14. The topological polar surface area (TPSA) is 52.3 Å². The van der Waals surface area contributed by atoms with E-state index in [4.69, 9.17) is 9.26 Å². The Morgan fingerprint density at radius 3 is 3.05 bits per heavy atom. The van der Waals surface area contributed by atoms with Crippen LogP contribution in [0.4, 0.5) is 0 Å². The Bertz CT molecular complexity index is 652. The molecule has 0 radical (unpaired) electrons. The molecule has 0 amide bonds. The van der Waals surface area contributed by atoms with Crippen molar-refractivity contribution in [3.63, 3.8) is 0 Å². The standard InChI is InChI=1S/C16H19NO3S/c1-9-4-5-14-12(6-9)7-15(21-14)16(18)19-8-13-10(2)17-20-11(13)3/h7,9H,4-6,8H2,1-3H3/t9-/m1/s1. The largest absolute Gasteiger partial charge is 0.456 e. The summed E-state index contributed by atoms with van der Waals surface area (Å²) >= 11 is 1.58. The number of fused-ring (bicyclic) bond motifs is 1. The second-order valence-electron chi connectivity index (χ2n) is 5.79. The molecular formula is C16H19NO3S. The maximum atomic E-state index is 12.2. The fraction of sp³-hybridized carbons (Fsp3) is 0.500. The fourth-order valence-electron chi connectivity index (χ4n) is 2.72. The van der Waals surface area contributed by atoms with E-state index in [0.29, 0.717) is 16.6 Å². The molecule has 2 heterocycles. The Labute approximate surface area is 128 Å². The molecule has 1 aliphatic rings. The third-order valence-corrected chi connectivity index (χ3v) is 5.28. The molecule has 1 aliphatic carbocycles. The van der Waals surface area contributed by atoms with E-state index in [-0.39, 0.29) is 12.6 Å². The van der Waals surface area contributed by atoms with Crippen LogP contribution in [0, 0.1) is 19.8 Å². The molecular weight excluding hydrogens is 286 g/mol. The molecule has 21 heavy (non-hydrogen) atoms. The van der Waals surface area contributed by atoms with Gasteiger partial charge in [0.15, 0.2) is 0 Å². The molecule has 0 bridgehead atoms. The highest BCUT2D eigenvalue weighted by atomic mass is 32.1. The monoisotopic (exact) mass is 305 g/mol. The van der Waals surface area contributed by atoms with Crippen molar-refractivity contribution in [2.45, 2.75) is 46.6 Å². The van der Waals surface area contributed by atoms with Crippen molar-refractivity contribution >= 4 is 17.3 Å². The van der Waals surface area contributed by atoms with Gasteiger partial charge in [0.05, 0.1) is 11.3 Å². The number of rotatable bonds is 3. The van der Waals surface area contributed by atoms with E-state index >= 15 is 0 Å². The molecule has 3 rings (SSSR count). The summed E-state index contributed by atoms with van der Waals surface area (Å²) in [6.45, 7) is 6.16. The first-order valence-electron chi connectivity index (χ1n) is 7.25. The first kappa shape index (κ1) is 14.3. The van der Waals surface area contributed by atoms with Gasteiger partial charge in [-0.3, -0.25) is 0 Å². The van der Waals surface area contributed by atoms with Gasteiger partial charge in [-0.25, -0.2) is 4.79 Å². The Morgan fingerprint density at radius 2 is 2.33 bits per heavy atom. The molecule has 1 atom stereocenters. The lowest BCUT2D eigenvalue weighted by atomic mass is 9.90. The van der Waals surface area contributed by atoms with Gasteiger partial charge in [-0.2, -0.15) is 0 Å². The van der Waals surface area contributed by atoms with Crippen LogP contribution < -0.4 is 0 Å². The molecule has 0 spiro atoms. The van der Waals surface area contributed by atoms with Crippen molar-refractivity contribution in [3.05, 3.63) is 38.4 Å². The van der Waals surface area contributed by atoms with Gasteiger partial charge in [0.25, 0.3) is 0 Å². The summed E-state index contributed by atoms with van der Waals surface area (Å²) in [5.41, 5.74) is 2.96. The lowest BCUT2D eigenvalue weighted by Crippen LogP contribution is -2.08. The van der Waals surface area contributed by atoms with Gasteiger partial charge in [-0.1, -0.05) is 12.1 Å². The third-order valence-electron chi connectivity index (χ3n) is 4.06. The first-order chi connectivity index (χ1) is 10.0. The van der Waals surface area contributed by atoms with Gasteiger partial charge in [0.2, 0.25) is 0 Å². The Hall–Kier alpha value is -1.62. The summed E-state index contributed by atoms with van der Waals surface area (Å²) in [5.74, 6) is 1.17. The van der Waals surface area contributed by atoms with E-state index in [1.165, 1.54) is 16.9 Å².